The van der Waals surface area contributed by atoms with E-state index < -0.39 is 0 Å². The summed E-state index contributed by atoms with van der Waals surface area (Å²) < 4.78 is 11.8. The summed E-state index contributed by atoms with van der Waals surface area (Å²) in [4.78, 5) is 2.48. The number of rotatable bonds is 4. The van der Waals surface area contributed by atoms with E-state index in [1.54, 1.807) is 14.2 Å². The standard InChI is InChI=1S/C15H23BrN2O2/c1-10-8-18(11(2)7-17-10)9-12-5-15(20-4)13(16)6-14(12)19-3/h5-6,10-11,17H,7-9H2,1-4H3. The van der Waals surface area contributed by atoms with Gasteiger partial charge in [-0.1, -0.05) is 0 Å². The fraction of sp³-hybridized carbons (Fsp3) is 0.600. The van der Waals surface area contributed by atoms with E-state index in [0.29, 0.717) is 12.1 Å². The van der Waals surface area contributed by atoms with Gasteiger partial charge in [-0.3, -0.25) is 4.90 Å². The van der Waals surface area contributed by atoms with Gasteiger partial charge in [-0.15, -0.1) is 0 Å². The Balaban J connectivity index is 2.22. The third-order valence-corrected chi connectivity index (χ3v) is 4.44. The summed E-state index contributed by atoms with van der Waals surface area (Å²) >= 11 is 3.50. The van der Waals surface area contributed by atoms with Crippen molar-refractivity contribution in [2.75, 3.05) is 27.3 Å². The molecule has 1 saturated heterocycles. The smallest absolute Gasteiger partial charge is 0.133 e. The summed E-state index contributed by atoms with van der Waals surface area (Å²) in [5.41, 5.74) is 1.16. The van der Waals surface area contributed by atoms with Gasteiger partial charge < -0.3 is 14.8 Å². The van der Waals surface area contributed by atoms with Gasteiger partial charge in [-0.05, 0) is 41.9 Å². The first-order valence-corrected chi connectivity index (χ1v) is 7.72. The molecular weight excluding hydrogens is 320 g/mol. The highest BCUT2D eigenvalue weighted by atomic mass is 79.9. The topological polar surface area (TPSA) is 33.7 Å². The Labute approximate surface area is 129 Å². The van der Waals surface area contributed by atoms with Gasteiger partial charge in [0, 0.05) is 37.3 Å². The number of methoxy groups -OCH3 is 2. The van der Waals surface area contributed by atoms with Crippen LogP contribution in [-0.2, 0) is 6.54 Å². The van der Waals surface area contributed by atoms with Crippen LogP contribution in [0.15, 0.2) is 16.6 Å². The number of nitrogens with one attached hydrogen (secondary N) is 1. The molecule has 0 saturated carbocycles. The number of hydrogen-bond donors (Lipinski definition) is 1. The van der Waals surface area contributed by atoms with E-state index in [2.05, 4.69) is 46.1 Å². The van der Waals surface area contributed by atoms with E-state index in [-0.39, 0.29) is 0 Å². The predicted molar refractivity (Wildman–Crippen MR) is 84.6 cm³/mol. The summed E-state index contributed by atoms with van der Waals surface area (Å²) in [5, 5.41) is 3.50. The van der Waals surface area contributed by atoms with Crippen molar-refractivity contribution in [1.82, 2.24) is 10.2 Å². The molecule has 20 heavy (non-hydrogen) atoms. The highest BCUT2D eigenvalue weighted by molar-refractivity contribution is 9.10. The van der Waals surface area contributed by atoms with E-state index in [1.165, 1.54) is 0 Å². The zero-order chi connectivity index (χ0) is 14.7. The lowest BCUT2D eigenvalue weighted by molar-refractivity contribution is 0.137. The third-order valence-electron chi connectivity index (χ3n) is 3.82. The fourth-order valence-electron chi connectivity index (χ4n) is 2.58. The van der Waals surface area contributed by atoms with Crippen LogP contribution in [0.1, 0.15) is 19.4 Å². The Hall–Kier alpha value is -0.780. The quantitative estimate of drug-likeness (QED) is 0.911. The highest BCUT2D eigenvalue weighted by Crippen LogP contribution is 2.33. The molecule has 1 aromatic carbocycles. The molecule has 1 aromatic rings. The molecule has 1 fully saturated rings. The number of nitrogens with zero attached hydrogens (tertiary/aromatic N) is 1. The van der Waals surface area contributed by atoms with Crippen molar-refractivity contribution in [3.05, 3.63) is 22.2 Å². The summed E-state index contributed by atoms with van der Waals surface area (Å²) in [6.07, 6.45) is 0. The van der Waals surface area contributed by atoms with E-state index >= 15 is 0 Å². The fourth-order valence-corrected chi connectivity index (χ4v) is 3.07. The van der Waals surface area contributed by atoms with Gasteiger partial charge in [-0.2, -0.15) is 0 Å². The van der Waals surface area contributed by atoms with E-state index in [0.717, 1.165) is 41.2 Å². The van der Waals surface area contributed by atoms with Crippen LogP contribution in [0.5, 0.6) is 11.5 Å². The molecule has 0 radical (unpaired) electrons. The largest absolute Gasteiger partial charge is 0.496 e. The Bertz CT molecular complexity index is 467. The van der Waals surface area contributed by atoms with E-state index in [9.17, 15) is 0 Å². The minimum Gasteiger partial charge on any atom is -0.496 e. The van der Waals surface area contributed by atoms with Crippen molar-refractivity contribution < 1.29 is 9.47 Å². The summed E-state index contributed by atoms with van der Waals surface area (Å²) in [6, 6.07) is 5.08. The first kappa shape index (κ1) is 15.6. The second kappa shape index (κ2) is 6.78. The maximum atomic E-state index is 5.50. The van der Waals surface area contributed by atoms with Crippen LogP contribution in [-0.4, -0.2) is 44.3 Å². The zero-order valence-corrected chi connectivity index (χ0v) is 14.2. The third kappa shape index (κ3) is 3.45. The number of ether oxygens (including phenoxy) is 2. The molecule has 0 amide bonds. The molecule has 1 aliphatic heterocycles. The van der Waals surface area contributed by atoms with Crippen LogP contribution >= 0.6 is 15.9 Å². The van der Waals surface area contributed by atoms with E-state index in [4.69, 9.17) is 9.47 Å². The first-order valence-electron chi connectivity index (χ1n) is 6.93. The first-order chi connectivity index (χ1) is 9.55. The van der Waals surface area contributed by atoms with Crippen molar-refractivity contribution in [2.45, 2.75) is 32.5 Å². The minimum absolute atomic E-state index is 0.519. The lowest BCUT2D eigenvalue weighted by Crippen LogP contribution is -2.53. The van der Waals surface area contributed by atoms with Crippen molar-refractivity contribution in [2.24, 2.45) is 0 Å². The molecule has 1 N–H and O–H groups in total. The predicted octanol–water partition coefficient (Wildman–Crippen LogP) is 2.65. The monoisotopic (exact) mass is 342 g/mol. The molecule has 0 aromatic heterocycles. The molecular formula is C15H23BrN2O2. The van der Waals surface area contributed by atoms with Crippen molar-refractivity contribution in [3.8, 4) is 11.5 Å². The van der Waals surface area contributed by atoms with Crippen LogP contribution in [0.4, 0.5) is 0 Å². The van der Waals surface area contributed by atoms with Crippen LogP contribution in [0, 0.1) is 0 Å². The Morgan fingerprint density at radius 3 is 2.60 bits per heavy atom. The molecule has 1 heterocycles. The summed E-state index contributed by atoms with van der Waals surface area (Å²) in [6.45, 7) is 7.42. The maximum Gasteiger partial charge on any atom is 0.133 e. The highest BCUT2D eigenvalue weighted by Gasteiger charge is 2.23. The van der Waals surface area contributed by atoms with Gasteiger partial charge in [0.2, 0.25) is 0 Å². The molecule has 2 unspecified atom stereocenters. The van der Waals surface area contributed by atoms with Gasteiger partial charge >= 0.3 is 0 Å². The second-order valence-corrected chi connectivity index (χ2v) is 6.24. The Kier molecular flexibility index (Phi) is 5.29. The Morgan fingerprint density at radius 1 is 1.25 bits per heavy atom. The summed E-state index contributed by atoms with van der Waals surface area (Å²) in [7, 11) is 3.40. The van der Waals surface area contributed by atoms with Gasteiger partial charge in [0.25, 0.3) is 0 Å². The molecule has 4 nitrogen and oxygen atoms in total. The van der Waals surface area contributed by atoms with Crippen molar-refractivity contribution in [3.63, 3.8) is 0 Å². The average molecular weight is 343 g/mol. The number of piperazine rings is 1. The molecule has 0 aliphatic carbocycles. The lowest BCUT2D eigenvalue weighted by atomic mass is 10.1. The zero-order valence-electron chi connectivity index (χ0n) is 12.6. The van der Waals surface area contributed by atoms with Crippen LogP contribution in [0.2, 0.25) is 0 Å². The van der Waals surface area contributed by atoms with Crippen LogP contribution < -0.4 is 14.8 Å². The van der Waals surface area contributed by atoms with Crippen molar-refractivity contribution in [1.29, 1.82) is 0 Å². The molecule has 0 bridgehead atoms. The lowest BCUT2D eigenvalue weighted by Gasteiger charge is -2.37. The van der Waals surface area contributed by atoms with E-state index in [1.807, 2.05) is 6.07 Å². The molecule has 5 heteroatoms. The molecule has 112 valence electrons. The van der Waals surface area contributed by atoms with Gasteiger partial charge in [0.05, 0.1) is 18.7 Å². The number of halogens is 1. The number of hydrogen-bond acceptors (Lipinski definition) is 4. The summed E-state index contributed by atoms with van der Waals surface area (Å²) in [5.74, 6) is 1.74. The van der Waals surface area contributed by atoms with Crippen LogP contribution in [0.25, 0.3) is 0 Å². The van der Waals surface area contributed by atoms with Gasteiger partial charge in [-0.25, -0.2) is 0 Å². The molecule has 1 aliphatic rings. The minimum atomic E-state index is 0.519. The van der Waals surface area contributed by atoms with Crippen LogP contribution in [0.3, 0.4) is 0 Å². The molecule has 2 atom stereocenters. The average Bonchev–Trinajstić information content (AvgIpc) is 2.44. The van der Waals surface area contributed by atoms with Gasteiger partial charge in [0.1, 0.15) is 11.5 Å². The SMILES string of the molecule is COc1cc(CN2CC(C)NCC2C)c(OC)cc1Br. The maximum absolute atomic E-state index is 5.50. The molecule has 2 rings (SSSR count). The Morgan fingerprint density at radius 2 is 1.95 bits per heavy atom. The molecule has 0 spiro atoms. The second-order valence-electron chi connectivity index (χ2n) is 5.39. The normalized spacial score (nSPS) is 23.6. The number of benzene rings is 1. The van der Waals surface area contributed by atoms with Gasteiger partial charge in [0.15, 0.2) is 0 Å². The van der Waals surface area contributed by atoms with Crippen molar-refractivity contribution >= 4 is 15.9 Å².